The maximum atomic E-state index is 12.5. The van der Waals surface area contributed by atoms with Crippen LogP contribution in [0.25, 0.3) is 0 Å². The zero-order valence-corrected chi connectivity index (χ0v) is 14.5. The quantitative estimate of drug-likeness (QED) is 0.814. The van der Waals surface area contributed by atoms with Gasteiger partial charge in [0.25, 0.3) is 0 Å². The largest absolute Gasteiger partial charge is 0.497 e. The van der Waals surface area contributed by atoms with E-state index in [1.54, 1.807) is 7.11 Å². The molecule has 1 aliphatic rings. The molecule has 2 rings (SSSR count). The van der Waals surface area contributed by atoms with Crippen molar-refractivity contribution in [2.24, 2.45) is 5.92 Å². The number of fused-ring (bicyclic) bond motifs is 1. The highest BCUT2D eigenvalue weighted by atomic mass is 16.5. The lowest BCUT2D eigenvalue weighted by molar-refractivity contribution is -0.132. The molecule has 0 aromatic heterocycles. The second-order valence-corrected chi connectivity index (χ2v) is 6.55. The number of amides is 1. The predicted octanol–water partition coefficient (Wildman–Crippen LogP) is 2.74. The standard InChI is InChI=1S/C19H24N2O3/c1-12(2)21-19(23)17(11-20)18(22)10-14-6-4-5-13-9-15(24-3)7-8-16(13)14/h7-9,12,14,17H,4-6,10H2,1-3H3,(H,21,23)/t14-,17-/m0/s1. The number of hydrogen-bond donors (Lipinski definition) is 1. The monoisotopic (exact) mass is 328 g/mol. The maximum absolute atomic E-state index is 12.5. The molecular weight excluding hydrogens is 304 g/mol. The van der Waals surface area contributed by atoms with Gasteiger partial charge < -0.3 is 10.1 Å². The van der Waals surface area contributed by atoms with Crippen molar-refractivity contribution in [2.75, 3.05) is 7.11 Å². The molecule has 0 unspecified atom stereocenters. The fourth-order valence-electron chi connectivity index (χ4n) is 3.24. The van der Waals surface area contributed by atoms with Crippen LogP contribution in [0.2, 0.25) is 0 Å². The third kappa shape index (κ3) is 4.14. The molecule has 0 aliphatic heterocycles. The van der Waals surface area contributed by atoms with Crippen LogP contribution in [0.15, 0.2) is 18.2 Å². The molecule has 0 saturated carbocycles. The Morgan fingerprint density at radius 2 is 2.17 bits per heavy atom. The van der Waals surface area contributed by atoms with Gasteiger partial charge in [0.05, 0.1) is 13.2 Å². The first-order valence-corrected chi connectivity index (χ1v) is 8.35. The van der Waals surface area contributed by atoms with Crippen LogP contribution >= 0.6 is 0 Å². The van der Waals surface area contributed by atoms with Gasteiger partial charge in [0.1, 0.15) is 5.75 Å². The first-order valence-electron chi connectivity index (χ1n) is 8.35. The zero-order chi connectivity index (χ0) is 17.7. The number of ether oxygens (including phenoxy) is 1. The molecule has 0 radical (unpaired) electrons. The molecule has 1 aromatic rings. The third-order valence-electron chi connectivity index (χ3n) is 4.38. The fraction of sp³-hybridized carbons (Fsp3) is 0.526. The molecule has 0 bridgehead atoms. The number of nitrogens with one attached hydrogen (secondary N) is 1. The molecule has 5 heteroatoms. The minimum atomic E-state index is -1.23. The number of carbonyl (C=O) groups excluding carboxylic acids is 2. The highest BCUT2D eigenvalue weighted by Gasteiger charge is 2.31. The summed E-state index contributed by atoms with van der Waals surface area (Å²) in [5.74, 6) is -1.15. The van der Waals surface area contributed by atoms with Gasteiger partial charge in [0.2, 0.25) is 5.91 Å². The number of nitriles is 1. The van der Waals surface area contributed by atoms with Crippen molar-refractivity contribution in [2.45, 2.75) is 51.5 Å². The Kier molecular flexibility index (Phi) is 5.97. The molecule has 1 N–H and O–H groups in total. The molecule has 1 aromatic carbocycles. The van der Waals surface area contributed by atoms with Crippen LogP contribution in [0.1, 0.15) is 50.2 Å². The van der Waals surface area contributed by atoms with E-state index < -0.39 is 11.8 Å². The number of rotatable bonds is 6. The van der Waals surface area contributed by atoms with E-state index in [1.165, 1.54) is 5.56 Å². The normalized spacial score (nSPS) is 17.5. The Morgan fingerprint density at radius 3 is 2.79 bits per heavy atom. The number of aryl methyl sites for hydroxylation is 1. The summed E-state index contributed by atoms with van der Waals surface area (Å²) < 4.78 is 5.26. The van der Waals surface area contributed by atoms with Gasteiger partial charge in [-0.15, -0.1) is 0 Å². The van der Waals surface area contributed by atoms with E-state index in [-0.39, 0.29) is 24.2 Å². The van der Waals surface area contributed by atoms with Crippen LogP contribution in [0, 0.1) is 17.2 Å². The van der Waals surface area contributed by atoms with Crippen molar-refractivity contribution >= 4 is 11.7 Å². The Hall–Kier alpha value is -2.35. The van der Waals surface area contributed by atoms with Crippen molar-refractivity contribution in [3.05, 3.63) is 29.3 Å². The summed E-state index contributed by atoms with van der Waals surface area (Å²) >= 11 is 0. The van der Waals surface area contributed by atoms with Crippen LogP contribution < -0.4 is 10.1 Å². The van der Waals surface area contributed by atoms with Crippen molar-refractivity contribution in [1.29, 1.82) is 5.26 Å². The average molecular weight is 328 g/mol. The van der Waals surface area contributed by atoms with Crippen LogP contribution in [-0.4, -0.2) is 24.8 Å². The van der Waals surface area contributed by atoms with Crippen LogP contribution in [0.3, 0.4) is 0 Å². The van der Waals surface area contributed by atoms with E-state index in [0.717, 1.165) is 30.6 Å². The third-order valence-corrected chi connectivity index (χ3v) is 4.38. The SMILES string of the molecule is COc1ccc2c(c1)CCC[C@H]2CC(=O)[C@H](C#N)C(=O)NC(C)C. The molecular formula is C19H24N2O3. The second-order valence-electron chi connectivity index (χ2n) is 6.55. The molecule has 0 heterocycles. The zero-order valence-electron chi connectivity index (χ0n) is 14.5. The van der Waals surface area contributed by atoms with Gasteiger partial charge >= 0.3 is 0 Å². The molecule has 5 nitrogen and oxygen atoms in total. The van der Waals surface area contributed by atoms with Gasteiger partial charge in [-0.05, 0) is 62.3 Å². The number of methoxy groups -OCH3 is 1. The minimum Gasteiger partial charge on any atom is -0.497 e. The molecule has 128 valence electrons. The number of carbonyl (C=O) groups is 2. The minimum absolute atomic E-state index is 0.0647. The molecule has 0 spiro atoms. The number of nitrogens with zero attached hydrogens (tertiary/aromatic N) is 1. The summed E-state index contributed by atoms with van der Waals surface area (Å²) in [7, 11) is 1.64. The average Bonchev–Trinajstić information content (AvgIpc) is 2.54. The number of hydrogen-bond acceptors (Lipinski definition) is 4. The lowest BCUT2D eigenvalue weighted by Gasteiger charge is -2.26. The van der Waals surface area contributed by atoms with Crippen LogP contribution in [-0.2, 0) is 16.0 Å². The molecule has 2 atom stereocenters. The lowest BCUT2D eigenvalue weighted by atomic mass is 9.79. The summed E-state index contributed by atoms with van der Waals surface area (Å²) in [6, 6.07) is 7.68. The van der Waals surface area contributed by atoms with Gasteiger partial charge in [-0.1, -0.05) is 6.07 Å². The van der Waals surface area contributed by atoms with Gasteiger partial charge in [0, 0.05) is 12.5 Å². The Bertz CT molecular complexity index is 661. The van der Waals surface area contributed by atoms with Crippen LogP contribution in [0.5, 0.6) is 5.75 Å². The fourth-order valence-corrected chi connectivity index (χ4v) is 3.24. The van der Waals surface area contributed by atoms with E-state index in [4.69, 9.17) is 4.74 Å². The van der Waals surface area contributed by atoms with E-state index in [9.17, 15) is 14.9 Å². The van der Waals surface area contributed by atoms with E-state index in [2.05, 4.69) is 5.32 Å². The number of Topliss-reactive ketones (excluding diaryl/α,β-unsaturated/α-hetero) is 1. The summed E-state index contributed by atoms with van der Waals surface area (Å²) in [4.78, 5) is 24.5. The molecule has 24 heavy (non-hydrogen) atoms. The maximum Gasteiger partial charge on any atom is 0.245 e. The lowest BCUT2D eigenvalue weighted by Crippen LogP contribution is -2.38. The Balaban J connectivity index is 2.13. The predicted molar refractivity (Wildman–Crippen MR) is 90.7 cm³/mol. The van der Waals surface area contributed by atoms with Gasteiger partial charge in [-0.3, -0.25) is 9.59 Å². The highest BCUT2D eigenvalue weighted by molar-refractivity contribution is 6.04. The van der Waals surface area contributed by atoms with Gasteiger partial charge in [-0.2, -0.15) is 5.26 Å². The smallest absolute Gasteiger partial charge is 0.245 e. The highest BCUT2D eigenvalue weighted by Crippen LogP contribution is 2.36. The van der Waals surface area contributed by atoms with Crippen LogP contribution in [0.4, 0.5) is 0 Å². The van der Waals surface area contributed by atoms with E-state index in [0.29, 0.717) is 0 Å². The Labute approximate surface area is 143 Å². The topological polar surface area (TPSA) is 79.2 Å². The molecule has 1 amide bonds. The first-order chi connectivity index (χ1) is 11.5. The van der Waals surface area contributed by atoms with E-state index in [1.807, 2.05) is 38.1 Å². The van der Waals surface area contributed by atoms with Gasteiger partial charge in [-0.25, -0.2) is 0 Å². The first kappa shape index (κ1) is 18.0. The van der Waals surface area contributed by atoms with Crippen molar-refractivity contribution in [3.8, 4) is 11.8 Å². The molecule has 1 aliphatic carbocycles. The van der Waals surface area contributed by atoms with Crippen molar-refractivity contribution in [3.63, 3.8) is 0 Å². The molecule has 0 saturated heterocycles. The summed E-state index contributed by atoms with van der Waals surface area (Å²) in [5, 5.41) is 11.9. The summed E-state index contributed by atoms with van der Waals surface area (Å²) in [6.45, 7) is 3.61. The number of ketones is 1. The van der Waals surface area contributed by atoms with E-state index >= 15 is 0 Å². The number of benzene rings is 1. The van der Waals surface area contributed by atoms with Crippen molar-refractivity contribution in [1.82, 2.24) is 5.32 Å². The second kappa shape index (κ2) is 7.96. The van der Waals surface area contributed by atoms with Crippen molar-refractivity contribution < 1.29 is 14.3 Å². The van der Waals surface area contributed by atoms with Gasteiger partial charge in [0.15, 0.2) is 11.7 Å². The summed E-state index contributed by atoms with van der Waals surface area (Å²) in [6.07, 6.45) is 3.08. The Morgan fingerprint density at radius 1 is 1.42 bits per heavy atom. The molecule has 0 fully saturated rings. The summed E-state index contributed by atoms with van der Waals surface area (Å²) in [5.41, 5.74) is 2.33.